The number of hydrogen-bond donors (Lipinski definition) is 0. The molecule has 0 amide bonds. The van der Waals surface area contributed by atoms with Crippen LogP contribution in [0.4, 0.5) is 0 Å². The fourth-order valence-corrected chi connectivity index (χ4v) is 6.43. The number of unbranched alkanes of at least 4 members (excludes halogenated alkanes) is 26. The van der Waals surface area contributed by atoms with E-state index in [2.05, 4.69) is 45.1 Å². The largest absolute Gasteiger partial charge is 0.462 e. The summed E-state index contributed by atoms with van der Waals surface area (Å²) in [6.45, 7) is 6.57. The Hall–Kier alpha value is -2.11. The minimum Gasteiger partial charge on any atom is -0.462 e. The van der Waals surface area contributed by atoms with Crippen LogP contribution in [-0.4, -0.2) is 37.2 Å². The monoisotopic (exact) mass is 747 g/mol. The van der Waals surface area contributed by atoms with Crippen molar-refractivity contribution in [1.82, 2.24) is 0 Å². The Bertz CT molecular complexity index is 865. The maximum atomic E-state index is 12.7. The maximum absolute atomic E-state index is 12.7. The SMILES string of the molecule is CCCCC/C=C\CCCCCCCC(=O)OC(COC(=O)CCCCCCC/C=C\CCCCCC)COC(=O)CCCCCCCCCCCC. The van der Waals surface area contributed by atoms with Crippen molar-refractivity contribution in [1.29, 1.82) is 0 Å². The van der Waals surface area contributed by atoms with Gasteiger partial charge < -0.3 is 14.2 Å². The van der Waals surface area contributed by atoms with Crippen molar-refractivity contribution in [2.75, 3.05) is 13.2 Å². The number of allylic oxidation sites excluding steroid dienone is 4. The molecule has 0 saturated carbocycles. The summed E-state index contributed by atoms with van der Waals surface area (Å²) in [4.78, 5) is 37.7. The van der Waals surface area contributed by atoms with Crippen molar-refractivity contribution in [3.8, 4) is 0 Å². The van der Waals surface area contributed by atoms with Crippen molar-refractivity contribution < 1.29 is 28.6 Å². The number of carbonyl (C=O) groups excluding carboxylic acids is 3. The van der Waals surface area contributed by atoms with E-state index in [9.17, 15) is 14.4 Å². The molecule has 53 heavy (non-hydrogen) atoms. The van der Waals surface area contributed by atoms with E-state index in [1.807, 2.05) is 0 Å². The standard InChI is InChI=1S/C47H86O6/c1-4-7-10-13-16-19-22-24-26-28-31-34-37-40-46(49)52-43-44(42-51-45(48)39-36-33-30-27-21-18-15-12-9-6-3)53-47(50)41-38-35-32-29-25-23-20-17-14-11-8-5-2/h17,19-20,22,44H,4-16,18,21,23-43H2,1-3H3/b20-17-,22-19-. The summed E-state index contributed by atoms with van der Waals surface area (Å²) in [6.07, 6.45) is 45.8. The summed E-state index contributed by atoms with van der Waals surface area (Å²) in [7, 11) is 0. The van der Waals surface area contributed by atoms with E-state index in [1.54, 1.807) is 0 Å². The van der Waals surface area contributed by atoms with E-state index in [0.717, 1.165) is 70.6 Å². The molecule has 310 valence electrons. The van der Waals surface area contributed by atoms with E-state index < -0.39 is 6.10 Å². The zero-order valence-electron chi connectivity index (χ0n) is 35.3. The molecule has 0 radical (unpaired) electrons. The summed E-state index contributed by atoms with van der Waals surface area (Å²) < 4.78 is 16.7. The van der Waals surface area contributed by atoms with Gasteiger partial charge in [-0.25, -0.2) is 0 Å². The van der Waals surface area contributed by atoms with Crippen LogP contribution in [0.15, 0.2) is 24.3 Å². The van der Waals surface area contributed by atoms with Crippen molar-refractivity contribution in [3.63, 3.8) is 0 Å². The second-order valence-corrected chi connectivity index (χ2v) is 15.3. The molecule has 1 unspecified atom stereocenters. The highest BCUT2D eigenvalue weighted by Gasteiger charge is 2.19. The molecule has 6 heteroatoms. The topological polar surface area (TPSA) is 78.9 Å². The molecule has 0 aliphatic heterocycles. The highest BCUT2D eigenvalue weighted by atomic mass is 16.6. The quantitative estimate of drug-likeness (QED) is 0.0268. The van der Waals surface area contributed by atoms with Crippen molar-refractivity contribution in [2.24, 2.45) is 0 Å². The molecule has 0 rings (SSSR count). The Labute approximate surface area is 328 Å². The fourth-order valence-electron chi connectivity index (χ4n) is 6.43. The van der Waals surface area contributed by atoms with Gasteiger partial charge in [0, 0.05) is 19.3 Å². The van der Waals surface area contributed by atoms with E-state index >= 15 is 0 Å². The van der Waals surface area contributed by atoms with Gasteiger partial charge in [-0.15, -0.1) is 0 Å². The molecule has 0 heterocycles. The van der Waals surface area contributed by atoms with Crippen LogP contribution < -0.4 is 0 Å². The molecule has 1 atom stereocenters. The maximum Gasteiger partial charge on any atom is 0.306 e. The molecule has 0 aromatic rings. The Balaban J connectivity index is 4.37. The van der Waals surface area contributed by atoms with Crippen LogP contribution in [0.2, 0.25) is 0 Å². The minimum absolute atomic E-state index is 0.0746. The van der Waals surface area contributed by atoms with Gasteiger partial charge in [-0.1, -0.05) is 173 Å². The van der Waals surface area contributed by atoms with E-state index in [0.29, 0.717) is 19.3 Å². The van der Waals surface area contributed by atoms with Gasteiger partial charge in [0.25, 0.3) is 0 Å². The predicted molar refractivity (Wildman–Crippen MR) is 224 cm³/mol. The second kappa shape index (κ2) is 42.6. The number of hydrogen-bond acceptors (Lipinski definition) is 6. The molecule has 0 aromatic heterocycles. The molecule has 0 spiro atoms. The Morgan fingerprint density at radius 2 is 0.623 bits per heavy atom. The Morgan fingerprint density at radius 1 is 0.358 bits per heavy atom. The minimum atomic E-state index is -0.771. The van der Waals surface area contributed by atoms with Crippen LogP contribution in [0.1, 0.15) is 239 Å². The summed E-state index contributed by atoms with van der Waals surface area (Å²) >= 11 is 0. The first-order chi connectivity index (χ1) is 26.0. The van der Waals surface area contributed by atoms with Crippen LogP contribution in [0.25, 0.3) is 0 Å². The first-order valence-electron chi connectivity index (χ1n) is 22.8. The van der Waals surface area contributed by atoms with Crippen LogP contribution >= 0.6 is 0 Å². The number of carbonyl (C=O) groups is 3. The molecule has 0 fully saturated rings. The smallest absolute Gasteiger partial charge is 0.306 e. The highest BCUT2D eigenvalue weighted by molar-refractivity contribution is 5.71. The molecule has 0 aromatic carbocycles. The van der Waals surface area contributed by atoms with Crippen molar-refractivity contribution >= 4 is 17.9 Å². The third-order valence-electron chi connectivity index (χ3n) is 9.93. The lowest BCUT2D eigenvalue weighted by atomic mass is 10.1. The fraction of sp³-hybridized carbons (Fsp3) is 0.851. The van der Waals surface area contributed by atoms with E-state index in [4.69, 9.17) is 14.2 Å². The van der Waals surface area contributed by atoms with Crippen LogP contribution in [0.5, 0.6) is 0 Å². The zero-order chi connectivity index (χ0) is 38.7. The van der Waals surface area contributed by atoms with Gasteiger partial charge in [0.1, 0.15) is 13.2 Å². The summed E-state index contributed by atoms with van der Waals surface area (Å²) in [5.74, 6) is -0.891. The van der Waals surface area contributed by atoms with Crippen LogP contribution in [-0.2, 0) is 28.6 Å². The van der Waals surface area contributed by atoms with E-state index in [-0.39, 0.29) is 31.1 Å². The normalized spacial score (nSPS) is 12.1. The van der Waals surface area contributed by atoms with E-state index in [1.165, 1.54) is 128 Å². The average molecular weight is 747 g/mol. The Morgan fingerprint density at radius 3 is 1.00 bits per heavy atom. The molecule has 0 aliphatic rings. The van der Waals surface area contributed by atoms with Crippen LogP contribution in [0, 0.1) is 0 Å². The first-order valence-corrected chi connectivity index (χ1v) is 22.8. The van der Waals surface area contributed by atoms with Crippen molar-refractivity contribution in [2.45, 2.75) is 245 Å². The number of rotatable bonds is 41. The summed E-state index contributed by atoms with van der Waals surface area (Å²) in [5.41, 5.74) is 0. The number of esters is 3. The highest BCUT2D eigenvalue weighted by Crippen LogP contribution is 2.14. The third-order valence-corrected chi connectivity index (χ3v) is 9.93. The summed E-state index contributed by atoms with van der Waals surface area (Å²) in [6, 6.07) is 0. The molecule has 0 aliphatic carbocycles. The molecular formula is C47H86O6. The lowest BCUT2D eigenvalue weighted by molar-refractivity contribution is -0.167. The molecular weight excluding hydrogens is 661 g/mol. The Kier molecular flexibility index (Phi) is 40.9. The number of ether oxygens (including phenoxy) is 3. The lowest BCUT2D eigenvalue weighted by Gasteiger charge is -2.18. The van der Waals surface area contributed by atoms with Gasteiger partial charge >= 0.3 is 17.9 Å². The first kappa shape index (κ1) is 50.9. The third kappa shape index (κ3) is 40.9. The molecule has 0 saturated heterocycles. The average Bonchev–Trinajstić information content (AvgIpc) is 3.15. The van der Waals surface area contributed by atoms with Gasteiger partial charge in [0.05, 0.1) is 0 Å². The van der Waals surface area contributed by atoms with Gasteiger partial charge in [-0.05, 0) is 70.6 Å². The second-order valence-electron chi connectivity index (χ2n) is 15.3. The molecule has 6 nitrogen and oxygen atoms in total. The van der Waals surface area contributed by atoms with Gasteiger partial charge in [0.2, 0.25) is 0 Å². The summed E-state index contributed by atoms with van der Waals surface area (Å²) in [5, 5.41) is 0. The van der Waals surface area contributed by atoms with Crippen LogP contribution in [0.3, 0.4) is 0 Å². The lowest BCUT2D eigenvalue weighted by Crippen LogP contribution is -2.30. The van der Waals surface area contributed by atoms with Gasteiger partial charge in [-0.3, -0.25) is 14.4 Å². The predicted octanol–water partition coefficient (Wildman–Crippen LogP) is 14.4. The van der Waals surface area contributed by atoms with Gasteiger partial charge in [0.15, 0.2) is 6.10 Å². The van der Waals surface area contributed by atoms with Gasteiger partial charge in [-0.2, -0.15) is 0 Å². The van der Waals surface area contributed by atoms with Crippen molar-refractivity contribution in [3.05, 3.63) is 24.3 Å². The zero-order valence-corrected chi connectivity index (χ0v) is 35.3. The molecule has 0 N–H and O–H groups in total. The molecule has 0 bridgehead atoms.